The van der Waals surface area contributed by atoms with Crippen molar-refractivity contribution in [3.8, 4) is 0 Å². The second kappa shape index (κ2) is 6.98. The van der Waals surface area contributed by atoms with Gasteiger partial charge in [0.25, 0.3) is 5.91 Å². The predicted octanol–water partition coefficient (Wildman–Crippen LogP) is 3.10. The van der Waals surface area contributed by atoms with E-state index in [-0.39, 0.29) is 16.8 Å². The number of hydrogen-bond donors (Lipinski definition) is 1. The van der Waals surface area contributed by atoms with Crippen LogP contribution in [-0.4, -0.2) is 26.9 Å². The second-order valence-electron chi connectivity index (χ2n) is 6.31. The molecule has 132 valence electrons. The summed E-state index contributed by atoms with van der Waals surface area (Å²) in [6, 6.07) is 14.0. The van der Waals surface area contributed by atoms with E-state index >= 15 is 0 Å². The molecule has 2 aromatic rings. The van der Waals surface area contributed by atoms with Crippen LogP contribution in [0, 0.1) is 6.92 Å². The van der Waals surface area contributed by atoms with E-state index < -0.39 is 10.0 Å². The van der Waals surface area contributed by atoms with Crippen LogP contribution in [0.2, 0.25) is 0 Å². The third-order valence-corrected chi connectivity index (χ3v) is 5.68. The zero-order valence-corrected chi connectivity index (χ0v) is 15.2. The van der Waals surface area contributed by atoms with Gasteiger partial charge in [-0.05, 0) is 62.6 Å². The molecule has 0 aromatic heterocycles. The van der Waals surface area contributed by atoms with Crippen LogP contribution in [0.4, 0.5) is 5.69 Å². The Morgan fingerprint density at radius 1 is 1.16 bits per heavy atom. The predicted molar refractivity (Wildman–Crippen MR) is 98.3 cm³/mol. The summed E-state index contributed by atoms with van der Waals surface area (Å²) in [6.45, 7) is 4.37. The van der Waals surface area contributed by atoms with Crippen molar-refractivity contribution in [1.82, 2.24) is 4.72 Å². The molecule has 0 heterocycles. The number of nitrogens with one attached hydrogen (secondary N) is 1. The molecule has 0 atom stereocenters. The van der Waals surface area contributed by atoms with Crippen LogP contribution < -0.4 is 9.62 Å². The molecule has 2 aromatic carbocycles. The summed E-state index contributed by atoms with van der Waals surface area (Å²) in [4.78, 5) is 14.7. The lowest BCUT2D eigenvalue weighted by Gasteiger charge is -2.22. The average Bonchev–Trinajstić information content (AvgIpc) is 3.39. The Bertz CT molecular complexity index is 889. The number of hydrogen-bond acceptors (Lipinski definition) is 3. The molecule has 0 spiro atoms. The molecule has 1 aliphatic carbocycles. The van der Waals surface area contributed by atoms with Gasteiger partial charge >= 0.3 is 0 Å². The second-order valence-corrected chi connectivity index (χ2v) is 8.03. The first kappa shape index (κ1) is 17.6. The smallest absolute Gasteiger partial charge is 0.258 e. The fourth-order valence-electron chi connectivity index (χ4n) is 2.68. The minimum absolute atomic E-state index is 0.0313. The number of carbonyl (C=O) groups excluding carboxylic acids is 1. The highest BCUT2D eigenvalue weighted by molar-refractivity contribution is 7.89. The van der Waals surface area contributed by atoms with E-state index in [1.807, 2.05) is 38.1 Å². The summed E-state index contributed by atoms with van der Waals surface area (Å²) in [6.07, 6.45) is 1.74. The lowest BCUT2D eigenvalue weighted by atomic mass is 10.1. The first-order chi connectivity index (χ1) is 11.9. The first-order valence-corrected chi connectivity index (χ1v) is 9.90. The Morgan fingerprint density at radius 3 is 2.52 bits per heavy atom. The Balaban J connectivity index is 1.90. The molecule has 1 N–H and O–H groups in total. The van der Waals surface area contributed by atoms with Crippen LogP contribution >= 0.6 is 0 Å². The van der Waals surface area contributed by atoms with Crippen molar-refractivity contribution in [3.05, 3.63) is 59.7 Å². The summed E-state index contributed by atoms with van der Waals surface area (Å²) in [5.41, 5.74) is 2.23. The van der Waals surface area contributed by atoms with Crippen LogP contribution in [0.1, 0.15) is 35.7 Å². The SMILES string of the molecule is CCN(C(=O)c1cccc(S(=O)(=O)NC2CC2)c1)c1cccc(C)c1. The molecule has 0 bridgehead atoms. The minimum atomic E-state index is -3.58. The molecule has 25 heavy (non-hydrogen) atoms. The zero-order valence-electron chi connectivity index (χ0n) is 14.4. The van der Waals surface area contributed by atoms with Gasteiger partial charge in [-0.1, -0.05) is 18.2 Å². The van der Waals surface area contributed by atoms with E-state index in [1.54, 1.807) is 17.0 Å². The van der Waals surface area contributed by atoms with Crippen LogP contribution in [0.3, 0.4) is 0 Å². The molecule has 1 amide bonds. The molecular weight excluding hydrogens is 336 g/mol. The Morgan fingerprint density at radius 2 is 1.88 bits per heavy atom. The summed E-state index contributed by atoms with van der Waals surface area (Å²) in [5, 5.41) is 0. The van der Waals surface area contributed by atoms with E-state index in [9.17, 15) is 13.2 Å². The Kier molecular flexibility index (Phi) is 4.92. The third kappa shape index (κ3) is 4.08. The standard InChI is InChI=1S/C19H22N2O3S/c1-3-21(17-8-4-6-14(2)12-17)19(22)15-7-5-9-18(13-15)25(23,24)20-16-10-11-16/h4-9,12-13,16,20H,3,10-11H2,1-2H3. The molecule has 1 aliphatic rings. The van der Waals surface area contributed by atoms with E-state index in [1.165, 1.54) is 12.1 Å². The molecule has 0 aliphatic heterocycles. The fraction of sp³-hybridized carbons (Fsp3) is 0.316. The van der Waals surface area contributed by atoms with Crippen LogP contribution in [-0.2, 0) is 10.0 Å². The highest BCUT2D eigenvalue weighted by Crippen LogP contribution is 2.23. The van der Waals surface area contributed by atoms with Crippen LogP contribution in [0.25, 0.3) is 0 Å². The van der Waals surface area contributed by atoms with Gasteiger partial charge in [0.05, 0.1) is 4.90 Å². The first-order valence-electron chi connectivity index (χ1n) is 8.41. The molecule has 1 fully saturated rings. The van der Waals surface area contributed by atoms with Gasteiger partial charge in [0.1, 0.15) is 0 Å². The van der Waals surface area contributed by atoms with E-state index in [4.69, 9.17) is 0 Å². The summed E-state index contributed by atoms with van der Waals surface area (Å²) in [5.74, 6) is -0.212. The van der Waals surface area contributed by atoms with Crippen molar-refractivity contribution >= 4 is 21.6 Å². The Hall–Kier alpha value is -2.18. The number of rotatable bonds is 6. The molecule has 1 saturated carbocycles. The van der Waals surface area contributed by atoms with E-state index in [0.29, 0.717) is 12.1 Å². The molecule has 0 saturated heterocycles. The van der Waals surface area contributed by atoms with Crippen LogP contribution in [0.5, 0.6) is 0 Å². The molecule has 5 nitrogen and oxygen atoms in total. The zero-order chi connectivity index (χ0) is 18.0. The van der Waals surface area contributed by atoms with Gasteiger partial charge in [-0.3, -0.25) is 4.79 Å². The van der Waals surface area contributed by atoms with E-state index in [2.05, 4.69) is 4.72 Å². The number of anilines is 1. The van der Waals surface area contributed by atoms with Crippen molar-refractivity contribution < 1.29 is 13.2 Å². The Labute approximate surface area is 148 Å². The number of carbonyl (C=O) groups is 1. The highest BCUT2D eigenvalue weighted by atomic mass is 32.2. The monoisotopic (exact) mass is 358 g/mol. The molecular formula is C19H22N2O3S. The van der Waals surface area contributed by atoms with Gasteiger partial charge < -0.3 is 4.90 Å². The maximum atomic E-state index is 12.9. The normalized spacial score (nSPS) is 14.3. The number of benzene rings is 2. The molecule has 6 heteroatoms. The van der Waals surface area contributed by atoms with E-state index in [0.717, 1.165) is 24.1 Å². The van der Waals surface area contributed by atoms with Crippen LogP contribution in [0.15, 0.2) is 53.4 Å². The maximum Gasteiger partial charge on any atom is 0.258 e. The quantitative estimate of drug-likeness (QED) is 0.863. The maximum absolute atomic E-state index is 12.9. The summed E-state index contributed by atoms with van der Waals surface area (Å²) >= 11 is 0. The van der Waals surface area contributed by atoms with Gasteiger partial charge in [-0.25, -0.2) is 13.1 Å². The van der Waals surface area contributed by atoms with Gasteiger partial charge in [0.15, 0.2) is 0 Å². The van der Waals surface area contributed by atoms with Crippen molar-refractivity contribution in [2.75, 3.05) is 11.4 Å². The highest BCUT2D eigenvalue weighted by Gasteiger charge is 2.28. The van der Waals surface area contributed by atoms with Crippen molar-refractivity contribution in [2.24, 2.45) is 0 Å². The topological polar surface area (TPSA) is 66.5 Å². The largest absolute Gasteiger partial charge is 0.309 e. The van der Waals surface area contributed by atoms with Crippen molar-refractivity contribution in [1.29, 1.82) is 0 Å². The number of sulfonamides is 1. The third-order valence-electron chi connectivity index (χ3n) is 4.17. The van der Waals surface area contributed by atoms with Gasteiger partial charge in [0, 0.05) is 23.8 Å². The van der Waals surface area contributed by atoms with Gasteiger partial charge in [-0.2, -0.15) is 0 Å². The molecule has 0 unspecified atom stereocenters. The van der Waals surface area contributed by atoms with Crippen molar-refractivity contribution in [3.63, 3.8) is 0 Å². The molecule has 3 rings (SSSR count). The van der Waals surface area contributed by atoms with Gasteiger partial charge in [-0.15, -0.1) is 0 Å². The van der Waals surface area contributed by atoms with Gasteiger partial charge in [0.2, 0.25) is 10.0 Å². The number of aryl methyl sites for hydroxylation is 1. The number of amides is 1. The molecule has 0 radical (unpaired) electrons. The van der Waals surface area contributed by atoms with Crippen molar-refractivity contribution in [2.45, 2.75) is 37.6 Å². The fourth-order valence-corrected chi connectivity index (χ4v) is 4.03. The lowest BCUT2D eigenvalue weighted by molar-refractivity contribution is 0.0988. The average molecular weight is 358 g/mol. The summed E-state index contributed by atoms with van der Waals surface area (Å²) < 4.78 is 27.4. The minimum Gasteiger partial charge on any atom is -0.309 e. The summed E-state index contributed by atoms with van der Waals surface area (Å²) in [7, 11) is -3.58. The number of nitrogens with zero attached hydrogens (tertiary/aromatic N) is 1. The lowest BCUT2D eigenvalue weighted by Crippen LogP contribution is -2.31.